The number of hydrogen-bond donors (Lipinski definition) is 1. The van der Waals surface area contributed by atoms with Gasteiger partial charge in [-0.25, -0.2) is 0 Å². The minimum atomic E-state index is 0.620. The highest BCUT2D eigenvalue weighted by molar-refractivity contribution is 5.32. The zero-order valence-corrected chi connectivity index (χ0v) is 10.4. The van der Waals surface area contributed by atoms with Crippen LogP contribution in [0, 0.1) is 13.8 Å². The van der Waals surface area contributed by atoms with Crippen LogP contribution in [0.3, 0.4) is 0 Å². The molecule has 0 fully saturated rings. The van der Waals surface area contributed by atoms with Gasteiger partial charge in [-0.05, 0) is 43.9 Å². The van der Waals surface area contributed by atoms with Crippen LogP contribution in [-0.4, -0.2) is 6.04 Å². The molecule has 1 unspecified atom stereocenters. The topological polar surface area (TPSA) is 12.0 Å². The molecule has 1 nitrogen and oxygen atoms in total. The van der Waals surface area contributed by atoms with Gasteiger partial charge in [0.1, 0.15) is 0 Å². The van der Waals surface area contributed by atoms with Crippen molar-refractivity contribution in [2.24, 2.45) is 0 Å². The van der Waals surface area contributed by atoms with Gasteiger partial charge in [-0.3, -0.25) is 0 Å². The lowest BCUT2D eigenvalue weighted by Gasteiger charge is -2.14. The Morgan fingerprint density at radius 2 is 2.00 bits per heavy atom. The molecule has 1 atom stereocenters. The molecule has 0 bridgehead atoms. The number of aryl methyl sites for hydroxylation is 1. The lowest BCUT2D eigenvalue weighted by molar-refractivity contribution is 0.507. The molecular weight excluding hydrogens is 182 g/mol. The summed E-state index contributed by atoms with van der Waals surface area (Å²) < 4.78 is 0. The second-order valence-corrected chi connectivity index (χ2v) is 4.43. The summed E-state index contributed by atoms with van der Waals surface area (Å²) in [6.07, 6.45) is 2.51. The second-order valence-electron chi connectivity index (χ2n) is 4.43. The summed E-state index contributed by atoms with van der Waals surface area (Å²) in [5.74, 6) is 0. The molecule has 0 aliphatic carbocycles. The summed E-state index contributed by atoms with van der Waals surface area (Å²) in [6.45, 7) is 9.87. The average molecular weight is 205 g/mol. The van der Waals surface area contributed by atoms with E-state index in [1.54, 1.807) is 0 Å². The van der Waals surface area contributed by atoms with Gasteiger partial charge in [-0.2, -0.15) is 0 Å². The van der Waals surface area contributed by atoms with Crippen LogP contribution in [0.2, 0.25) is 0 Å². The van der Waals surface area contributed by atoms with Crippen molar-refractivity contribution >= 4 is 0 Å². The van der Waals surface area contributed by atoms with E-state index < -0.39 is 0 Å². The third-order valence-electron chi connectivity index (χ3n) is 3.08. The minimum Gasteiger partial charge on any atom is -0.310 e. The number of benzene rings is 1. The molecule has 0 radical (unpaired) electrons. The highest BCUT2D eigenvalue weighted by atomic mass is 14.9. The molecule has 0 saturated carbocycles. The van der Waals surface area contributed by atoms with Crippen molar-refractivity contribution in [2.75, 3.05) is 0 Å². The molecule has 1 N–H and O–H groups in total. The van der Waals surface area contributed by atoms with E-state index in [-0.39, 0.29) is 0 Å². The Hall–Kier alpha value is -0.820. The van der Waals surface area contributed by atoms with Crippen LogP contribution in [0.25, 0.3) is 0 Å². The summed E-state index contributed by atoms with van der Waals surface area (Å²) >= 11 is 0. The molecule has 84 valence electrons. The lowest BCUT2D eigenvalue weighted by Crippen LogP contribution is -2.25. The first-order valence-electron chi connectivity index (χ1n) is 5.93. The van der Waals surface area contributed by atoms with E-state index in [1.165, 1.54) is 29.5 Å². The van der Waals surface area contributed by atoms with Crippen LogP contribution in [0.15, 0.2) is 18.2 Å². The molecule has 0 heterocycles. The van der Waals surface area contributed by atoms with E-state index in [1.807, 2.05) is 0 Å². The Kier molecular flexibility index (Phi) is 4.83. The van der Waals surface area contributed by atoms with Crippen LogP contribution in [0.1, 0.15) is 43.4 Å². The average Bonchev–Trinajstić information content (AvgIpc) is 2.21. The predicted octanol–water partition coefficient (Wildman–Crippen LogP) is 3.58. The molecule has 0 aromatic heterocycles. The standard InChI is InChI=1S/C14H23N/c1-5-7-12(3)15-10-14-9-6-8-11(2)13(14)4/h6,8-9,12,15H,5,7,10H2,1-4H3. The van der Waals surface area contributed by atoms with Crippen LogP contribution in [-0.2, 0) is 6.54 Å². The first-order valence-corrected chi connectivity index (χ1v) is 5.93. The Balaban J connectivity index is 2.54. The highest BCUT2D eigenvalue weighted by Gasteiger charge is 2.03. The minimum absolute atomic E-state index is 0.620. The van der Waals surface area contributed by atoms with E-state index in [0.717, 1.165) is 6.54 Å². The Morgan fingerprint density at radius 3 is 2.67 bits per heavy atom. The van der Waals surface area contributed by atoms with Gasteiger partial charge in [0.25, 0.3) is 0 Å². The van der Waals surface area contributed by atoms with Crippen molar-refractivity contribution < 1.29 is 0 Å². The van der Waals surface area contributed by atoms with Crippen molar-refractivity contribution in [1.29, 1.82) is 0 Å². The summed E-state index contributed by atoms with van der Waals surface area (Å²) in [4.78, 5) is 0. The monoisotopic (exact) mass is 205 g/mol. The van der Waals surface area contributed by atoms with Crippen LogP contribution >= 0.6 is 0 Å². The van der Waals surface area contributed by atoms with Gasteiger partial charge < -0.3 is 5.32 Å². The summed E-state index contributed by atoms with van der Waals surface area (Å²) in [6, 6.07) is 7.15. The maximum atomic E-state index is 3.57. The van der Waals surface area contributed by atoms with Gasteiger partial charge >= 0.3 is 0 Å². The van der Waals surface area contributed by atoms with E-state index >= 15 is 0 Å². The second kappa shape index (κ2) is 5.92. The van der Waals surface area contributed by atoms with Crippen molar-refractivity contribution in [3.63, 3.8) is 0 Å². The zero-order valence-electron chi connectivity index (χ0n) is 10.4. The molecule has 1 aromatic carbocycles. The van der Waals surface area contributed by atoms with Gasteiger partial charge in [0.05, 0.1) is 0 Å². The van der Waals surface area contributed by atoms with E-state index in [2.05, 4.69) is 51.2 Å². The normalized spacial score (nSPS) is 12.8. The Bertz CT molecular complexity index is 304. The quantitative estimate of drug-likeness (QED) is 0.774. The Morgan fingerprint density at radius 1 is 1.27 bits per heavy atom. The number of nitrogens with one attached hydrogen (secondary N) is 1. The molecule has 0 amide bonds. The molecule has 0 aliphatic rings. The lowest BCUT2D eigenvalue weighted by atomic mass is 10.0. The van der Waals surface area contributed by atoms with Crippen LogP contribution in [0.5, 0.6) is 0 Å². The zero-order chi connectivity index (χ0) is 11.3. The summed E-state index contributed by atoms with van der Waals surface area (Å²) in [5, 5.41) is 3.57. The largest absolute Gasteiger partial charge is 0.310 e. The maximum Gasteiger partial charge on any atom is 0.0210 e. The predicted molar refractivity (Wildman–Crippen MR) is 67.1 cm³/mol. The van der Waals surface area contributed by atoms with Crippen molar-refractivity contribution in [1.82, 2.24) is 5.32 Å². The molecule has 1 rings (SSSR count). The van der Waals surface area contributed by atoms with E-state index in [0.29, 0.717) is 6.04 Å². The number of rotatable bonds is 5. The summed E-state index contributed by atoms with van der Waals surface area (Å²) in [7, 11) is 0. The fourth-order valence-electron chi connectivity index (χ4n) is 1.82. The fourth-order valence-corrected chi connectivity index (χ4v) is 1.82. The van der Waals surface area contributed by atoms with Crippen molar-refractivity contribution in [2.45, 2.75) is 53.1 Å². The maximum absolute atomic E-state index is 3.57. The highest BCUT2D eigenvalue weighted by Crippen LogP contribution is 2.12. The molecule has 0 saturated heterocycles. The molecule has 1 heteroatoms. The number of hydrogen-bond acceptors (Lipinski definition) is 1. The van der Waals surface area contributed by atoms with E-state index in [4.69, 9.17) is 0 Å². The molecule has 15 heavy (non-hydrogen) atoms. The third kappa shape index (κ3) is 3.67. The third-order valence-corrected chi connectivity index (χ3v) is 3.08. The smallest absolute Gasteiger partial charge is 0.0210 e. The van der Waals surface area contributed by atoms with Gasteiger partial charge in [-0.1, -0.05) is 31.5 Å². The van der Waals surface area contributed by atoms with E-state index in [9.17, 15) is 0 Å². The Labute approximate surface area is 93.9 Å². The first-order chi connectivity index (χ1) is 7.15. The van der Waals surface area contributed by atoms with Crippen LogP contribution in [0.4, 0.5) is 0 Å². The van der Waals surface area contributed by atoms with Gasteiger partial charge in [0, 0.05) is 12.6 Å². The molecule has 0 aliphatic heterocycles. The molecular formula is C14H23N. The van der Waals surface area contributed by atoms with Crippen LogP contribution < -0.4 is 5.32 Å². The summed E-state index contributed by atoms with van der Waals surface area (Å²) in [5.41, 5.74) is 4.24. The van der Waals surface area contributed by atoms with Gasteiger partial charge in [-0.15, -0.1) is 0 Å². The first kappa shape index (κ1) is 12.3. The molecule has 1 aromatic rings. The molecule has 0 spiro atoms. The van der Waals surface area contributed by atoms with Crippen molar-refractivity contribution in [3.05, 3.63) is 34.9 Å². The fraction of sp³-hybridized carbons (Fsp3) is 0.571. The van der Waals surface area contributed by atoms with Gasteiger partial charge in [0.2, 0.25) is 0 Å². The SMILES string of the molecule is CCCC(C)NCc1cccc(C)c1C. The van der Waals surface area contributed by atoms with Crippen molar-refractivity contribution in [3.8, 4) is 0 Å². The van der Waals surface area contributed by atoms with Gasteiger partial charge in [0.15, 0.2) is 0 Å².